The molecule has 1 aromatic carbocycles. The molecule has 1 aromatic rings. The molecular formula is C13H15N3O3. The van der Waals surface area contributed by atoms with Gasteiger partial charge in [0.25, 0.3) is 0 Å². The highest BCUT2D eigenvalue weighted by molar-refractivity contribution is 6.09. The molecule has 0 fully saturated rings. The summed E-state index contributed by atoms with van der Waals surface area (Å²) in [5.74, 6) is -0.824. The summed E-state index contributed by atoms with van der Waals surface area (Å²) in [6, 6.07) is 7.12. The van der Waals surface area contributed by atoms with Crippen molar-refractivity contribution in [3.63, 3.8) is 0 Å². The quantitative estimate of drug-likeness (QED) is 0.832. The van der Waals surface area contributed by atoms with Crippen LogP contribution in [0.2, 0.25) is 0 Å². The lowest BCUT2D eigenvalue weighted by Crippen LogP contribution is -2.42. The third kappa shape index (κ3) is 3.09. The van der Waals surface area contributed by atoms with Gasteiger partial charge in [0.05, 0.1) is 11.4 Å². The molecule has 6 heteroatoms. The van der Waals surface area contributed by atoms with Gasteiger partial charge in [-0.05, 0) is 18.6 Å². The first-order valence-corrected chi connectivity index (χ1v) is 6.05. The number of rotatable bonds is 4. The lowest BCUT2D eigenvalue weighted by Gasteiger charge is -2.29. The number of carbonyl (C=O) groups excluding carboxylic acids is 3. The Morgan fingerprint density at radius 2 is 2.00 bits per heavy atom. The van der Waals surface area contributed by atoms with Crippen molar-refractivity contribution < 1.29 is 14.4 Å². The molecule has 3 amide bonds. The van der Waals surface area contributed by atoms with E-state index in [2.05, 4.69) is 5.32 Å². The zero-order valence-electron chi connectivity index (χ0n) is 10.4. The van der Waals surface area contributed by atoms with E-state index in [-0.39, 0.29) is 31.2 Å². The molecule has 2 rings (SSSR count). The van der Waals surface area contributed by atoms with E-state index in [0.717, 1.165) is 0 Å². The van der Waals surface area contributed by atoms with Gasteiger partial charge in [-0.2, -0.15) is 0 Å². The number of primary amides is 1. The molecule has 0 radical (unpaired) electrons. The molecule has 1 aliphatic heterocycles. The predicted octanol–water partition coefficient (Wildman–Crippen LogP) is 0.627. The van der Waals surface area contributed by atoms with Gasteiger partial charge in [-0.3, -0.25) is 14.4 Å². The van der Waals surface area contributed by atoms with Crippen LogP contribution in [0, 0.1) is 0 Å². The highest BCUT2D eigenvalue weighted by atomic mass is 16.2. The number of nitrogens with zero attached hydrogens (tertiary/aromatic N) is 1. The van der Waals surface area contributed by atoms with Crippen LogP contribution in [0.1, 0.15) is 19.3 Å². The average molecular weight is 261 g/mol. The minimum absolute atomic E-state index is 0.00637. The Morgan fingerprint density at radius 3 is 2.74 bits per heavy atom. The monoisotopic (exact) mass is 261 g/mol. The Labute approximate surface area is 110 Å². The summed E-state index contributed by atoms with van der Waals surface area (Å²) >= 11 is 0. The van der Waals surface area contributed by atoms with E-state index in [1.807, 2.05) is 0 Å². The lowest BCUT2D eigenvalue weighted by atomic mass is 10.1. The van der Waals surface area contributed by atoms with Crippen molar-refractivity contribution in [2.45, 2.75) is 19.3 Å². The summed E-state index contributed by atoms with van der Waals surface area (Å²) in [5, 5.41) is 2.71. The van der Waals surface area contributed by atoms with E-state index in [4.69, 9.17) is 5.73 Å². The van der Waals surface area contributed by atoms with Gasteiger partial charge in [0, 0.05) is 12.8 Å². The maximum absolute atomic E-state index is 12.1. The minimum Gasteiger partial charge on any atom is -0.370 e. The summed E-state index contributed by atoms with van der Waals surface area (Å²) in [6.45, 7) is 0.00637. The van der Waals surface area contributed by atoms with Gasteiger partial charge in [-0.15, -0.1) is 0 Å². The van der Waals surface area contributed by atoms with E-state index in [1.165, 1.54) is 4.90 Å². The smallest absolute Gasteiger partial charge is 0.244 e. The highest BCUT2D eigenvalue weighted by Gasteiger charge is 2.25. The number of hydrogen-bond donors (Lipinski definition) is 2. The number of carbonyl (C=O) groups is 3. The third-order valence-corrected chi connectivity index (χ3v) is 2.89. The largest absolute Gasteiger partial charge is 0.370 e. The molecule has 0 spiro atoms. The molecular weight excluding hydrogens is 246 g/mol. The van der Waals surface area contributed by atoms with Crippen molar-refractivity contribution in [3.05, 3.63) is 24.3 Å². The summed E-state index contributed by atoms with van der Waals surface area (Å²) in [6.07, 6.45) is 0.770. The maximum atomic E-state index is 12.1. The molecule has 0 unspecified atom stereocenters. The fourth-order valence-corrected chi connectivity index (χ4v) is 2.00. The van der Waals surface area contributed by atoms with Crippen molar-refractivity contribution in [1.82, 2.24) is 0 Å². The first-order valence-electron chi connectivity index (χ1n) is 6.05. The number of nitrogens with two attached hydrogens (primary N) is 1. The number of fused-ring (bicyclic) bond motifs is 1. The normalized spacial score (nSPS) is 13.7. The van der Waals surface area contributed by atoms with E-state index in [9.17, 15) is 14.4 Å². The number of benzene rings is 1. The summed E-state index contributed by atoms with van der Waals surface area (Å²) in [5.41, 5.74) is 6.34. The topological polar surface area (TPSA) is 92.5 Å². The molecule has 0 saturated heterocycles. The molecule has 0 aromatic heterocycles. The molecule has 0 aliphatic carbocycles. The van der Waals surface area contributed by atoms with Gasteiger partial charge >= 0.3 is 0 Å². The van der Waals surface area contributed by atoms with Crippen molar-refractivity contribution in [1.29, 1.82) is 0 Å². The van der Waals surface area contributed by atoms with Crippen LogP contribution >= 0.6 is 0 Å². The molecule has 0 atom stereocenters. The van der Waals surface area contributed by atoms with E-state index < -0.39 is 5.91 Å². The van der Waals surface area contributed by atoms with E-state index in [1.54, 1.807) is 24.3 Å². The van der Waals surface area contributed by atoms with Gasteiger partial charge in [-0.1, -0.05) is 12.1 Å². The number of anilines is 2. The highest BCUT2D eigenvalue weighted by Crippen LogP contribution is 2.29. The standard InChI is InChI=1S/C13H15N3O3/c14-11(17)6-3-7-13(19)16-8-12(18)15-9-4-1-2-5-10(9)16/h1-2,4-5H,3,6-8H2,(H2,14,17)(H,15,18). The van der Waals surface area contributed by atoms with Crippen LogP contribution in [0.25, 0.3) is 0 Å². The van der Waals surface area contributed by atoms with Gasteiger partial charge < -0.3 is 16.0 Å². The second-order valence-electron chi connectivity index (χ2n) is 4.37. The van der Waals surface area contributed by atoms with Gasteiger partial charge in [0.2, 0.25) is 17.7 Å². The third-order valence-electron chi connectivity index (χ3n) is 2.89. The summed E-state index contributed by atoms with van der Waals surface area (Å²) in [7, 11) is 0. The molecule has 1 aliphatic rings. The molecule has 0 saturated carbocycles. The molecule has 19 heavy (non-hydrogen) atoms. The van der Waals surface area contributed by atoms with Crippen LogP contribution in [0.15, 0.2) is 24.3 Å². The van der Waals surface area contributed by atoms with Crippen molar-refractivity contribution in [2.75, 3.05) is 16.8 Å². The first kappa shape index (κ1) is 13.1. The van der Waals surface area contributed by atoms with Crippen molar-refractivity contribution >= 4 is 29.1 Å². The second kappa shape index (κ2) is 5.51. The van der Waals surface area contributed by atoms with Gasteiger partial charge in [-0.25, -0.2) is 0 Å². The molecule has 6 nitrogen and oxygen atoms in total. The fraction of sp³-hybridized carbons (Fsp3) is 0.308. The SMILES string of the molecule is NC(=O)CCCC(=O)N1CC(=O)Nc2ccccc21. The van der Waals surface area contributed by atoms with Crippen LogP contribution < -0.4 is 16.0 Å². The van der Waals surface area contributed by atoms with Crippen LogP contribution in [-0.4, -0.2) is 24.3 Å². The predicted molar refractivity (Wildman–Crippen MR) is 70.5 cm³/mol. The van der Waals surface area contributed by atoms with Crippen LogP contribution in [0.3, 0.4) is 0 Å². The Balaban J connectivity index is 2.09. The lowest BCUT2D eigenvalue weighted by molar-refractivity contribution is -0.122. The number of para-hydroxylation sites is 2. The number of nitrogens with one attached hydrogen (secondary N) is 1. The first-order chi connectivity index (χ1) is 9.08. The Morgan fingerprint density at radius 1 is 1.26 bits per heavy atom. The van der Waals surface area contributed by atoms with Gasteiger partial charge in [0.1, 0.15) is 6.54 Å². The van der Waals surface area contributed by atoms with Crippen molar-refractivity contribution in [3.8, 4) is 0 Å². The zero-order valence-corrected chi connectivity index (χ0v) is 10.4. The van der Waals surface area contributed by atoms with Crippen LogP contribution in [-0.2, 0) is 14.4 Å². The summed E-state index contributed by atoms with van der Waals surface area (Å²) < 4.78 is 0. The Bertz CT molecular complexity index is 528. The van der Waals surface area contributed by atoms with E-state index >= 15 is 0 Å². The van der Waals surface area contributed by atoms with Crippen LogP contribution in [0.5, 0.6) is 0 Å². The minimum atomic E-state index is -0.426. The molecule has 0 bridgehead atoms. The number of amides is 3. The second-order valence-corrected chi connectivity index (χ2v) is 4.37. The maximum Gasteiger partial charge on any atom is 0.244 e. The van der Waals surface area contributed by atoms with Crippen LogP contribution in [0.4, 0.5) is 11.4 Å². The number of hydrogen-bond acceptors (Lipinski definition) is 3. The van der Waals surface area contributed by atoms with Crippen molar-refractivity contribution in [2.24, 2.45) is 5.73 Å². The summed E-state index contributed by atoms with van der Waals surface area (Å²) in [4.78, 5) is 35.7. The van der Waals surface area contributed by atoms with Gasteiger partial charge in [0.15, 0.2) is 0 Å². The Kier molecular flexibility index (Phi) is 3.79. The zero-order chi connectivity index (χ0) is 13.8. The molecule has 3 N–H and O–H groups in total. The molecule has 1 heterocycles. The fourth-order valence-electron chi connectivity index (χ4n) is 2.00. The average Bonchev–Trinajstić information content (AvgIpc) is 2.37. The Hall–Kier alpha value is -2.37. The molecule has 100 valence electrons. The van der Waals surface area contributed by atoms with E-state index in [0.29, 0.717) is 17.8 Å².